The second kappa shape index (κ2) is 4.53. The molecule has 4 heteroatoms. The van der Waals surface area contributed by atoms with Crippen molar-refractivity contribution in [2.24, 2.45) is 0 Å². The standard InChI is InChI=1S/C14H14FNO2/c15-11-4-2-1-3-9(11)7-14-16-12-8-10(17)5-6-13(12)18-14/h1-4,10,17H,5-8H2. The van der Waals surface area contributed by atoms with Crippen LogP contribution in [0.4, 0.5) is 4.39 Å². The molecule has 0 aliphatic heterocycles. The van der Waals surface area contributed by atoms with E-state index in [1.54, 1.807) is 18.2 Å². The Morgan fingerprint density at radius 2 is 2.22 bits per heavy atom. The fourth-order valence-electron chi connectivity index (χ4n) is 2.29. The molecule has 1 N–H and O–H groups in total. The molecule has 1 unspecified atom stereocenters. The lowest BCUT2D eigenvalue weighted by molar-refractivity contribution is 0.153. The molecule has 0 fully saturated rings. The average molecular weight is 247 g/mol. The molecule has 3 rings (SSSR count). The number of hydrogen-bond acceptors (Lipinski definition) is 3. The monoisotopic (exact) mass is 247 g/mol. The summed E-state index contributed by atoms with van der Waals surface area (Å²) in [6, 6.07) is 6.62. The van der Waals surface area contributed by atoms with Crippen molar-refractivity contribution in [1.29, 1.82) is 0 Å². The Kier molecular flexibility index (Phi) is 2.88. The lowest BCUT2D eigenvalue weighted by Crippen LogP contribution is -2.17. The van der Waals surface area contributed by atoms with Crippen molar-refractivity contribution in [3.8, 4) is 0 Å². The van der Waals surface area contributed by atoms with E-state index >= 15 is 0 Å². The second-order valence-corrected chi connectivity index (χ2v) is 4.64. The highest BCUT2D eigenvalue weighted by molar-refractivity contribution is 5.22. The second-order valence-electron chi connectivity index (χ2n) is 4.64. The molecule has 1 aromatic heterocycles. The van der Waals surface area contributed by atoms with Gasteiger partial charge in [0.25, 0.3) is 0 Å². The van der Waals surface area contributed by atoms with Crippen LogP contribution in [0, 0.1) is 5.82 Å². The summed E-state index contributed by atoms with van der Waals surface area (Å²) < 4.78 is 19.1. The third-order valence-corrected chi connectivity index (χ3v) is 3.26. The van der Waals surface area contributed by atoms with Gasteiger partial charge in [0.05, 0.1) is 18.2 Å². The van der Waals surface area contributed by atoms with E-state index in [0.717, 1.165) is 11.5 Å². The number of aliphatic hydroxyl groups excluding tert-OH is 1. The van der Waals surface area contributed by atoms with Crippen molar-refractivity contribution in [3.63, 3.8) is 0 Å². The Labute approximate surface area is 104 Å². The molecular weight excluding hydrogens is 233 g/mol. The summed E-state index contributed by atoms with van der Waals surface area (Å²) in [5.41, 5.74) is 1.40. The largest absolute Gasteiger partial charge is 0.445 e. The first-order valence-corrected chi connectivity index (χ1v) is 6.11. The summed E-state index contributed by atoms with van der Waals surface area (Å²) in [4.78, 5) is 4.34. The van der Waals surface area contributed by atoms with E-state index in [1.165, 1.54) is 6.07 Å². The van der Waals surface area contributed by atoms with Gasteiger partial charge in [-0.1, -0.05) is 18.2 Å². The molecule has 0 saturated heterocycles. The van der Waals surface area contributed by atoms with Gasteiger partial charge in [-0.15, -0.1) is 0 Å². The molecule has 1 heterocycles. The molecule has 94 valence electrons. The molecule has 0 saturated carbocycles. The number of hydrogen-bond donors (Lipinski definition) is 1. The Balaban J connectivity index is 1.84. The molecule has 0 radical (unpaired) electrons. The third kappa shape index (κ3) is 2.16. The summed E-state index contributed by atoms with van der Waals surface area (Å²) in [6.07, 6.45) is 1.98. The minimum atomic E-state index is -0.330. The zero-order valence-corrected chi connectivity index (χ0v) is 9.90. The zero-order chi connectivity index (χ0) is 12.5. The van der Waals surface area contributed by atoms with Crippen LogP contribution in [0.15, 0.2) is 28.7 Å². The van der Waals surface area contributed by atoms with E-state index in [1.807, 2.05) is 0 Å². The van der Waals surface area contributed by atoms with Crippen molar-refractivity contribution in [1.82, 2.24) is 4.98 Å². The van der Waals surface area contributed by atoms with Crippen LogP contribution in [0.25, 0.3) is 0 Å². The maximum atomic E-state index is 13.5. The van der Waals surface area contributed by atoms with Crippen LogP contribution in [-0.2, 0) is 19.3 Å². The SMILES string of the molecule is OC1CCc2oc(Cc3ccccc3F)nc2C1. The molecule has 1 aromatic carbocycles. The van der Waals surface area contributed by atoms with E-state index < -0.39 is 0 Å². The number of aryl methyl sites for hydroxylation is 1. The average Bonchev–Trinajstić information content (AvgIpc) is 2.73. The first-order chi connectivity index (χ1) is 8.72. The molecule has 1 aliphatic carbocycles. The maximum absolute atomic E-state index is 13.5. The first kappa shape index (κ1) is 11.4. The van der Waals surface area contributed by atoms with Crippen LogP contribution in [0.5, 0.6) is 0 Å². The summed E-state index contributed by atoms with van der Waals surface area (Å²) in [5, 5.41) is 9.56. The molecular formula is C14H14FNO2. The highest BCUT2D eigenvalue weighted by Gasteiger charge is 2.22. The van der Waals surface area contributed by atoms with Gasteiger partial charge >= 0.3 is 0 Å². The van der Waals surface area contributed by atoms with Gasteiger partial charge in [0.1, 0.15) is 11.6 Å². The molecule has 0 amide bonds. The molecule has 2 aromatic rings. The van der Waals surface area contributed by atoms with E-state index in [9.17, 15) is 9.50 Å². The van der Waals surface area contributed by atoms with Crippen LogP contribution in [0.3, 0.4) is 0 Å². The summed E-state index contributed by atoms with van der Waals surface area (Å²) in [7, 11) is 0. The number of fused-ring (bicyclic) bond motifs is 1. The van der Waals surface area contributed by atoms with Crippen molar-refractivity contribution in [2.75, 3.05) is 0 Å². The van der Waals surface area contributed by atoms with Gasteiger partial charge in [-0.25, -0.2) is 9.37 Å². The Hall–Kier alpha value is -1.68. The number of aromatic nitrogens is 1. The van der Waals surface area contributed by atoms with Crippen molar-refractivity contribution in [2.45, 2.75) is 31.8 Å². The van der Waals surface area contributed by atoms with Crippen LogP contribution < -0.4 is 0 Å². The third-order valence-electron chi connectivity index (χ3n) is 3.26. The molecule has 0 bridgehead atoms. The number of benzene rings is 1. The van der Waals surface area contributed by atoms with Gasteiger partial charge in [0.2, 0.25) is 0 Å². The highest BCUT2D eigenvalue weighted by Crippen LogP contribution is 2.23. The predicted molar refractivity (Wildman–Crippen MR) is 63.7 cm³/mol. The quantitative estimate of drug-likeness (QED) is 0.885. The Bertz CT molecular complexity index is 565. The van der Waals surface area contributed by atoms with Gasteiger partial charge < -0.3 is 9.52 Å². The number of nitrogens with zero attached hydrogens (tertiary/aromatic N) is 1. The fraction of sp³-hybridized carbons (Fsp3) is 0.357. The predicted octanol–water partition coefficient (Wildman–Crippen LogP) is 2.25. The highest BCUT2D eigenvalue weighted by atomic mass is 19.1. The van der Waals surface area contributed by atoms with E-state index in [4.69, 9.17) is 4.42 Å². The molecule has 1 atom stereocenters. The van der Waals surface area contributed by atoms with Crippen molar-refractivity contribution in [3.05, 3.63) is 53.0 Å². The van der Waals surface area contributed by atoms with Gasteiger partial charge in [-0.3, -0.25) is 0 Å². The Morgan fingerprint density at radius 1 is 1.39 bits per heavy atom. The topological polar surface area (TPSA) is 46.3 Å². The van der Waals surface area contributed by atoms with Gasteiger partial charge in [0.15, 0.2) is 5.89 Å². The van der Waals surface area contributed by atoms with Crippen LogP contribution in [0.1, 0.15) is 29.3 Å². The maximum Gasteiger partial charge on any atom is 0.199 e. The molecule has 0 spiro atoms. The molecule has 3 nitrogen and oxygen atoms in total. The van der Waals surface area contributed by atoms with Crippen molar-refractivity contribution < 1.29 is 13.9 Å². The normalized spacial score (nSPS) is 18.7. The van der Waals surface area contributed by atoms with E-state index in [2.05, 4.69) is 4.98 Å². The lowest BCUT2D eigenvalue weighted by atomic mass is 9.99. The van der Waals surface area contributed by atoms with Crippen LogP contribution in [-0.4, -0.2) is 16.2 Å². The van der Waals surface area contributed by atoms with E-state index in [0.29, 0.717) is 37.1 Å². The van der Waals surface area contributed by atoms with Gasteiger partial charge in [-0.05, 0) is 18.1 Å². The fourth-order valence-corrected chi connectivity index (χ4v) is 2.29. The Morgan fingerprint density at radius 3 is 3.06 bits per heavy atom. The smallest absolute Gasteiger partial charge is 0.199 e. The number of aliphatic hydroxyl groups is 1. The summed E-state index contributed by atoms with van der Waals surface area (Å²) in [6.45, 7) is 0. The molecule has 18 heavy (non-hydrogen) atoms. The first-order valence-electron chi connectivity index (χ1n) is 6.11. The van der Waals surface area contributed by atoms with Crippen LogP contribution in [0.2, 0.25) is 0 Å². The van der Waals surface area contributed by atoms with Gasteiger partial charge in [0, 0.05) is 12.8 Å². The lowest BCUT2D eigenvalue weighted by Gasteiger charge is -2.13. The molecule has 1 aliphatic rings. The number of rotatable bonds is 2. The summed E-state index contributed by atoms with van der Waals surface area (Å²) in [5.74, 6) is 1.12. The van der Waals surface area contributed by atoms with Crippen LogP contribution >= 0.6 is 0 Å². The number of oxazole rings is 1. The minimum Gasteiger partial charge on any atom is -0.445 e. The van der Waals surface area contributed by atoms with Crippen molar-refractivity contribution >= 4 is 0 Å². The summed E-state index contributed by atoms with van der Waals surface area (Å²) >= 11 is 0. The van der Waals surface area contributed by atoms with Gasteiger partial charge in [-0.2, -0.15) is 0 Å². The zero-order valence-electron chi connectivity index (χ0n) is 9.90. The minimum absolute atomic E-state index is 0.242. The van der Waals surface area contributed by atoms with E-state index in [-0.39, 0.29) is 11.9 Å². The number of halogens is 1.